The van der Waals surface area contributed by atoms with Gasteiger partial charge >= 0.3 is 12.1 Å². The van der Waals surface area contributed by atoms with E-state index in [0.717, 1.165) is 41.8 Å². The van der Waals surface area contributed by atoms with E-state index >= 15 is 0 Å². The van der Waals surface area contributed by atoms with Gasteiger partial charge in [0.2, 0.25) is 0 Å². The van der Waals surface area contributed by atoms with Crippen molar-refractivity contribution in [2.24, 2.45) is 5.92 Å². The van der Waals surface area contributed by atoms with Crippen LogP contribution >= 0.6 is 11.8 Å². The molecule has 0 aliphatic carbocycles. The molecule has 1 N–H and O–H groups in total. The number of hydrogen-bond acceptors (Lipinski definition) is 7. The number of hydrogen-bond donors (Lipinski definition) is 1. The molecule has 0 spiro atoms. The van der Waals surface area contributed by atoms with E-state index in [2.05, 4.69) is 30.3 Å². The van der Waals surface area contributed by atoms with Gasteiger partial charge in [-0.25, -0.2) is 9.48 Å². The fourth-order valence-electron chi connectivity index (χ4n) is 3.56. The van der Waals surface area contributed by atoms with Gasteiger partial charge in [-0.3, -0.25) is 4.79 Å². The minimum atomic E-state index is -0.540. The summed E-state index contributed by atoms with van der Waals surface area (Å²) in [5, 5.41) is 16.6. The van der Waals surface area contributed by atoms with Crippen LogP contribution in [0.2, 0.25) is 0 Å². The van der Waals surface area contributed by atoms with Crippen molar-refractivity contribution in [1.29, 1.82) is 5.26 Å². The fraction of sp³-hybridized carbons (Fsp3) is 0.571. The van der Waals surface area contributed by atoms with Crippen LogP contribution in [0.1, 0.15) is 77.8 Å². The molecule has 1 unspecified atom stereocenters. The first kappa shape index (κ1) is 30.2. The molecule has 0 saturated heterocycles. The van der Waals surface area contributed by atoms with Crippen LogP contribution < -0.4 is 5.32 Å². The number of alkyl carbamates (subject to hydrolysis) is 1. The quantitative estimate of drug-likeness (QED) is 0.235. The van der Waals surface area contributed by atoms with Gasteiger partial charge in [-0.2, -0.15) is 10.4 Å². The summed E-state index contributed by atoms with van der Waals surface area (Å²) in [5.41, 5.74) is 1.79. The van der Waals surface area contributed by atoms with E-state index in [9.17, 15) is 14.9 Å². The third-order valence-corrected chi connectivity index (χ3v) is 6.69. The summed E-state index contributed by atoms with van der Waals surface area (Å²) in [6.07, 6.45) is 8.49. The number of nitriles is 1. The molecule has 2 rings (SSSR count). The van der Waals surface area contributed by atoms with Crippen LogP contribution in [0.25, 0.3) is 5.69 Å². The lowest BCUT2D eigenvalue weighted by atomic mass is 10.0. The summed E-state index contributed by atoms with van der Waals surface area (Å²) in [7, 11) is 0. The van der Waals surface area contributed by atoms with Gasteiger partial charge in [-0.15, -0.1) is 11.8 Å². The number of carbonyl (C=O) groups is 2. The van der Waals surface area contributed by atoms with Gasteiger partial charge in [0, 0.05) is 23.4 Å². The first-order chi connectivity index (χ1) is 17.6. The summed E-state index contributed by atoms with van der Waals surface area (Å²) in [6, 6.07) is 7.59. The van der Waals surface area contributed by atoms with E-state index in [0.29, 0.717) is 43.2 Å². The Labute approximate surface area is 225 Å². The summed E-state index contributed by atoms with van der Waals surface area (Å²) in [4.78, 5) is 25.0. The number of esters is 1. The van der Waals surface area contributed by atoms with Crippen LogP contribution in [0.15, 0.2) is 35.5 Å². The van der Waals surface area contributed by atoms with Crippen molar-refractivity contribution in [1.82, 2.24) is 15.1 Å². The van der Waals surface area contributed by atoms with E-state index in [1.165, 1.54) is 11.8 Å². The van der Waals surface area contributed by atoms with E-state index < -0.39 is 11.7 Å². The first-order valence-corrected chi connectivity index (χ1v) is 14.0. The second-order valence-electron chi connectivity index (χ2n) is 9.96. The summed E-state index contributed by atoms with van der Waals surface area (Å²) in [6.45, 7) is 10.7. The normalized spacial score (nSPS) is 12.0. The molecule has 37 heavy (non-hydrogen) atoms. The number of rotatable bonds is 14. The molecule has 0 bridgehead atoms. The zero-order valence-electron chi connectivity index (χ0n) is 22.7. The third kappa shape index (κ3) is 11.3. The molecule has 2 aromatic rings. The van der Waals surface area contributed by atoms with Crippen LogP contribution in [0, 0.1) is 17.2 Å². The lowest BCUT2D eigenvalue weighted by Crippen LogP contribution is -2.33. The van der Waals surface area contributed by atoms with Crippen LogP contribution in [0.3, 0.4) is 0 Å². The second-order valence-corrected chi connectivity index (χ2v) is 11.1. The second kappa shape index (κ2) is 15.3. The lowest BCUT2D eigenvalue weighted by molar-refractivity contribution is -0.144. The Morgan fingerprint density at radius 1 is 1.27 bits per heavy atom. The average molecular weight is 529 g/mol. The van der Waals surface area contributed by atoms with Crippen LogP contribution in [-0.2, 0) is 20.7 Å². The summed E-state index contributed by atoms with van der Waals surface area (Å²) in [5.74, 6) is 0.767. The smallest absolute Gasteiger partial charge is 0.407 e. The predicted molar refractivity (Wildman–Crippen MR) is 146 cm³/mol. The largest absolute Gasteiger partial charge is 0.465 e. The Morgan fingerprint density at radius 3 is 2.73 bits per heavy atom. The Kier molecular flexibility index (Phi) is 12.5. The lowest BCUT2D eigenvalue weighted by Gasteiger charge is -2.19. The molecule has 1 heterocycles. The van der Waals surface area contributed by atoms with Gasteiger partial charge in [-0.05, 0) is 63.3 Å². The van der Waals surface area contributed by atoms with Crippen molar-refractivity contribution in [3.63, 3.8) is 0 Å². The monoisotopic (exact) mass is 528 g/mol. The predicted octanol–water partition coefficient (Wildman–Crippen LogP) is 6.05. The highest BCUT2D eigenvalue weighted by atomic mass is 32.2. The topological polar surface area (TPSA) is 106 Å². The number of amides is 1. The van der Waals surface area contributed by atoms with Gasteiger partial charge in [0.15, 0.2) is 0 Å². The molecule has 8 nitrogen and oxygen atoms in total. The molecule has 0 saturated carbocycles. The molecular formula is C28H40N4O4S. The molecule has 1 aromatic heterocycles. The zero-order valence-corrected chi connectivity index (χ0v) is 23.5. The van der Waals surface area contributed by atoms with Crippen LogP contribution in [-0.4, -0.2) is 46.3 Å². The molecule has 202 valence electrons. The number of benzene rings is 1. The summed E-state index contributed by atoms with van der Waals surface area (Å²) >= 11 is 1.50. The van der Waals surface area contributed by atoms with Gasteiger partial charge in [0.25, 0.3) is 0 Å². The fourth-order valence-corrected chi connectivity index (χ4v) is 4.57. The van der Waals surface area contributed by atoms with Crippen LogP contribution in [0.4, 0.5) is 4.79 Å². The van der Waals surface area contributed by atoms with Gasteiger partial charge in [-0.1, -0.05) is 33.1 Å². The Bertz CT molecular complexity index is 1060. The van der Waals surface area contributed by atoms with Crippen LogP contribution in [0.5, 0.6) is 0 Å². The third-order valence-electron chi connectivity index (χ3n) is 5.64. The number of nitrogens with one attached hydrogen (secondary N) is 1. The van der Waals surface area contributed by atoms with E-state index in [1.807, 2.05) is 39.1 Å². The zero-order chi connectivity index (χ0) is 27.3. The maximum absolute atomic E-state index is 12.3. The highest BCUT2D eigenvalue weighted by Gasteiger charge is 2.16. The Morgan fingerprint density at radius 2 is 2.05 bits per heavy atom. The molecule has 1 amide bonds. The maximum atomic E-state index is 12.3. The van der Waals surface area contributed by atoms with Gasteiger partial charge in [0.05, 0.1) is 36.5 Å². The maximum Gasteiger partial charge on any atom is 0.407 e. The van der Waals surface area contributed by atoms with E-state index in [-0.39, 0.29) is 5.97 Å². The summed E-state index contributed by atoms with van der Waals surface area (Å²) < 4.78 is 12.5. The molecule has 0 aliphatic rings. The number of ether oxygens (including phenoxy) is 2. The molecule has 1 atom stereocenters. The average Bonchev–Trinajstić information content (AvgIpc) is 3.31. The minimum absolute atomic E-state index is 0.195. The Hall–Kier alpha value is -2.99. The molecule has 9 heteroatoms. The number of carbonyl (C=O) groups excluding carboxylic acids is 2. The van der Waals surface area contributed by atoms with Crippen molar-refractivity contribution >= 4 is 23.8 Å². The number of thioether (sulfide) groups is 1. The molecular weight excluding hydrogens is 488 g/mol. The number of nitrogens with zero attached hydrogens (tertiary/aromatic N) is 3. The molecule has 0 radical (unpaired) electrons. The van der Waals surface area contributed by atoms with Crippen molar-refractivity contribution in [2.45, 2.75) is 83.6 Å². The standard InChI is InChI=1S/C28H40N4O4S/c1-6-8-9-21(7-2)20-35-26(33)13-15-37-25-16-22(17-29)10-11-24(25)32-19-23(18-31-32)12-14-30-27(34)36-28(3,4)5/h10-11,16,18-19,21H,6-9,12-15,20H2,1-5H3,(H,30,34). The highest BCUT2D eigenvalue weighted by Crippen LogP contribution is 2.28. The SMILES string of the molecule is CCCCC(CC)COC(=O)CCSc1cc(C#N)ccc1-n1cc(CCNC(=O)OC(C)(C)C)cn1. The number of unbranched alkanes of at least 4 members (excludes halogenated alkanes) is 1. The molecule has 0 aliphatic heterocycles. The van der Waals surface area contributed by atoms with E-state index in [1.54, 1.807) is 16.9 Å². The van der Waals surface area contributed by atoms with Crippen molar-refractivity contribution in [3.8, 4) is 11.8 Å². The van der Waals surface area contributed by atoms with Gasteiger partial charge < -0.3 is 14.8 Å². The minimum Gasteiger partial charge on any atom is -0.465 e. The Balaban J connectivity index is 1.94. The molecule has 0 fully saturated rings. The highest BCUT2D eigenvalue weighted by molar-refractivity contribution is 7.99. The van der Waals surface area contributed by atoms with Crippen molar-refractivity contribution in [3.05, 3.63) is 41.7 Å². The molecule has 1 aromatic carbocycles. The van der Waals surface area contributed by atoms with Crippen molar-refractivity contribution < 1.29 is 19.1 Å². The first-order valence-electron chi connectivity index (χ1n) is 13.0. The van der Waals surface area contributed by atoms with Crippen molar-refractivity contribution in [2.75, 3.05) is 18.9 Å². The van der Waals surface area contributed by atoms with Gasteiger partial charge in [0.1, 0.15) is 5.60 Å². The number of aromatic nitrogens is 2. The van der Waals surface area contributed by atoms with E-state index in [4.69, 9.17) is 9.47 Å².